The molecule has 3 heterocycles. The number of nitrogen functional groups attached to an aromatic ring is 1. The Morgan fingerprint density at radius 3 is 2.44 bits per heavy atom. The number of carbonyl (C=O) groups is 2. The highest BCUT2D eigenvalue weighted by atomic mass is 19.4. The maximum Gasteiger partial charge on any atom is 0.419 e. The van der Waals surface area contributed by atoms with Gasteiger partial charge in [-0.1, -0.05) is 0 Å². The Kier molecular flexibility index (Phi) is 9.26. The van der Waals surface area contributed by atoms with Crippen molar-refractivity contribution in [2.75, 3.05) is 46.1 Å². The van der Waals surface area contributed by atoms with Crippen molar-refractivity contribution in [1.82, 2.24) is 19.4 Å². The van der Waals surface area contributed by atoms with Gasteiger partial charge in [-0.2, -0.15) is 13.2 Å². The number of hydrogen-bond donors (Lipinski definition) is 1. The van der Waals surface area contributed by atoms with Crippen LogP contribution in [0.25, 0.3) is 10.9 Å². The first-order chi connectivity index (χ1) is 20.1. The van der Waals surface area contributed by atoms with Gasteiger partial charge in [-0.3, -0.25) is 14.4 Å². The van der Waals surface area contributed by atoms with E-state index in [1.807, 2.05) is 19.1 Å². The van der Waals surface area contributed by atoms with Gasteiger partial charge in [0.05, 0.1) is 37.9 Å². The van der Waals surface area contributed by atoms with Gasteiger partial charge in [-0.25, -0.2) is 14.6 Å². The monoisotopic (exact) mass is 605 g/mol. The van der Waals surface area contributed by atoms with Crippen LogP contribution in [-0.2, 0) is 16.0 Å². The molecule has 0 unspecified atom stereocenters. The van der Waals surface area contributed by atoms with E-state index >= 15 is 0 Å². The van der Waals surface area contributed by atoms with E-state index in [9.17, 15) is 22.8 Å². The Morgan fingerprint density at radius 2 is 1.84 bits per heavy atom. The van der Waals surface area contributed by atoms with Crippen LogP contribution in [0.4, 0.5) is 23.8 Å². The molecule has 2 N–H and O–H groups in total. The fourth-order valence-corrected chi connectivity index (χ4v) is 5.37. The molecule has 1 fully saturated rings. The zero-order chi connectivity index (χ0) is 31.7. The number of carbonyl (C=O) groups excluding carboxylic acids is 2. The van der Waals surface area contributed by atoms with Crippen LogP contribution in [0.5, 0.6) is 5.75 Å². The first-order valence-electron chi connectivity index (χ1n) is 13.9. The highest BCUT2D eigenvalue weighted by Gasteiger charge is 2.34. The zero-order valence-corrected chi connectivity index (χ0v) is 25.2. The van der Waals surface area contributed by atoms with Crippen LogP contribution in [0.15, 0.2) is 30.5 Å². The molecule has 1 aromatic carbocycles. The lowest BCUT2D eigenvalue weighted by Crippen LogP contribution is -2.49. The second kappa shape index (κ2) is 12.4. The van der Waals surface area contributed by atoms with Gasteiger partial charge >= 0.3 is 18.2 Å². The molecule has 0 aliphatic carbocycles. The minimum absolute atomic E-state index is 0.0264. The average Bonchev–Trinajstić information content (AvgIpc) is 3.38. The van der Waals surface area contributed by atoms with E-state index in [4.69, 9.17) is 19.9 Å². The summed E-state index contributed by atoms with van der Waals surface area (Å²) in [4.78, 5) is 33.5. The quantitative estimate of drug-likeness (QED) is 0.358. The van der Waals surface area contributed by atoms with Crippen LogP contribution >= 0.6 is 0 Å². The molecule has 0 amide bonds. The van der Waals surface area contributed by atoms with E-state index in [1.165, 1.54) is 17.7 Å². The molecule has 1 aliphatic heterocycles. The number of hydrogen-bond acceptors (Lipinski definition) is 9. The molecule has 1 atom stereocenters. The van der Waals surface area contributed by atoms with E-state index < -0.39 is 36.3 Å². The highest BCUT2D eigenvalue weighted by molar-refractivity contribution is 5.95. The second-order valence-corrected chi connectivity index (χ2v) is 11.6. The van der Waals surface area contributed by atoms with Gasteiger partial charge in [0.15, 0.2) is 0 Å². The van der Waals surface area contributed by atoms with E-state index in [0.717, 1.165) is 16.5 Å². The van der Waals surface area contributed by atoms with E-state index in [2.05, 4.69) is 9.88 Å². The number of aryl methyl sites for hydroxylation is 1. The molecule has 1 saturated heterocycles. The fourth-order valence-electron chi connectivity index (χ4n) is 5.37. The van der Waals surface area contributed by atoms with Crippen molar-refractivity contribution in [3.63, 3.8) is 0 Å². The molecular weight excluding hydrogens is 567 g/mol. The van der Waals surface area contributed by atoms with Crippen LogP contribution in [-0.4, -0.2) is 83.6 Å². The summed E-state index contributed by atoms with van der Waals surface area (Å²) in [5.41, 5.74) is 8.33. The molecule has 10 nitrogen and oxygen atoms in total. The Bertz CT molecular complexity index is 1500. The number of ether oxygens (including phenoxy) is 3. The molecular formula is C30H38F3N5O5. The Hall–Kier alpha value is -3.84. The van der Waals surface area contributed by atoms with E-state index in [-0.39, 0.29) is 24.5 Å². The number of esters is 1. The van der Waals surface area contributed by atoms with Gasteiger partial charge in [0.2, 0.25) is 0 Å². The van der Waals surface area contributed by atoms with Crippen molar-refractivity contribution in [2.24, 2.45) is 0 Å². The molecule has 234 valence electrons. The minimum atomic E-state index is -4.28. The molecule has 0 spiro atoms. The third kappa shape index (κ3) is 7.39. The van der Waals surface area contributed by atoms with Crippen molar-refractivity contribution in [3.8, 4) is 5.75 Å². The summed E-state index contributed by atoms with van der Waals surface area (Å²) >= 11 is 0. The smallest absolute Gasteiger partial charge is 0.419 e. The molecule has 13 heteroatoms. The summed E-state index contributed by atoms with van der Waals surface area (Å²) in [7, 11) is 2.80. The summed E-state index contributed by atoms with van der Waals surface area (Å²) in [5, 5.41) is 0.787. The number of methoxy groups -OCH3 is 2. The molecule has 0 radical (unpaired) electrons. The number of nitrogens with zero attached hydrogens (tertiary/aromatic N) is 4. The summed E-state index contributed by atoms with van der Waals surface area (Å²) < 4.78 is 56.8. The van der Waals surface area contributed by atoms with Crippen molar-refractivity contribution >= 4 is 28.8 Å². The van der Waals surface area contributed by atoms with Crippen molar-refractivity contribution in [2.45, 2.75) is 58.5 Å². The lowest BCUT2D eigenvalue weighted by molar-refractivity contribution is -0.139. The predicted octanol–water partition coefficient (Wildman–Crippen LogP) is 5.32. The molecule has 1 aliphatic rings. The normalized spacial score (nSPS) is 16.8. The number of aromatic nitrogens is 2. The van der Waals surface area contributed by atoms with Gasteiger partial charge in [0.1, 0.15) is 22.7 Å². The van der Waals surface area contributed by atoms with Crippen LogP contribution < -0.4 is 10.5 Å². The molecule has 43 heavy (non-hydrogen) atoms. The second-order valence-electron chi connectivity index (χ2n) is 11.6. The molecule has 0 bridgehead atoms. The fraction of sp³-hybridized carbons (Fsp3) is 0.500. The Balaban J connectivity index is 1.74. The number of alkyl halides is 3. The number of pyridine rings is 1. The largest absolute Gasteiger partial charge is 0.496 e. The summed E-state index contributed by atoms with van der Waals surface area (Å²) in [5.74, 6) is -0.0506. The maximum atomic E-state index is 13.1. The van der Waals surface area contributed by atoms with Gasteiger partial charge in [0.25, 0.3) is 0 Å². The van der Waals surface area contributed by atoms with E-state index in [0.29, 0.717) is 36.6 Å². The third-order valence-corrected chi connectivity index (χ3v) is 7.38. The Morgan fingerprint density at radius 1 is 1.12 bits per heavy atom. The van der Waals surface area contributed by atoms with Gasteiger partial charge < -0.3 is 19.9 Å². The lowest BCUT2D eigenvalue weighted by Gasteiger charge is -2.41. The first-order valence-corrected chi connectivity index (χ1v) is 13.9. The van der Waals surface area contributed by atoms with Crippen LogP contribution in [0.2, 0.25) is 0 Å². The topological polar surface area (TPSA) is 112 Å². The maximum absolute atomic E-state index is 13.1. The number of nitrogens with two attached hydrogens (primary N) is 1. The summed E-state index contributed by atoms with van der Waals surface area (Å²) in [6.45, 7) is 8.55. The number of benzene rings is 1. The molecule has 0 saturated carbocycles. The van der Waals surface area contributed by atoms with Crippen molar-refractivity contribution in [3.05, 3.63) is 52.8 Å². The third-order valence-electron chi connectivity index (χ3n) is 7.38. The first kappa shape index (κ1) is 32.1. The Labute approximate surface area is 248 Å². The van der Waals surface area contributed by atoms with Crippen LogP contribution in [0, 0.1) is 6.92 Å². The van der Waals surface area contributed by atoms with E-state index in [1.54, 1.807) is 45.0 Å². The van der Waals surface area contributed by atoms with Crippen LogP contribution in [0.3, 0.4) is 0 Å². The number of piperazine rings is 1. The molecule has 3 aromatic rings. The SMILES string of the molecule is COC(=O)c1ccc([C@@H]2CN(CCC(F)(F)F)CCN2Cc2c(OC)cc(C)c3c2ccn3C(=O)OC(C)(C)C)nc1N. The zero-order valence-electron chi connectivity index (χ0n) is 25.2. The summed E-state index contributed by atoms with van der Waals surface area (Å²) in [6, 6.07) is 6.40. The number of fused-ring (bicyclic) bond motifs is 1. The lowest BCUT2D eigenvalue weighted by atomic mass is 10.0. The van der Waals surface area contributed by atoms with Gasteiger partial charge in [-0.05, 0) is 57.5 Å². The number of halogens is 3. The summed E-state index contributed by atoms with van der Waals surface area (Å²) in [6.07, 6.45) is -4.06. The number of anilines is 1. The van der Waals surface area contributed by atoms with Gasteiger partial charge in [-0.15, -0.1) is 0 Å². The standard InChI is InChI=1S/C30H38F3N5O5/c1-18-15-24(41-5)21(19-9-11-38(25(18)19)28(40)43-29(2,3)4)16-37-14-13-36(12-10-30(31,32)33)17-23(37)22-8-7-20(26(34)35-22)27(39)42-6/h7-9,11,15,23H,10,12-14,16-17H2,1-6H3,(H2,34,35)/t23-/m0/s1. The van der Waals surface area contributed by atoms with Crippen molar-refractivity contribution in [1.29, 1.82) is 0 Å². The predicted molar refractivity (Wildman–Crippen MR) is 155 cm³/mol. The minimum Gasteiger partial charge on any atom is -0.496 e. The van der Waals surface area contributed by atoms with Gasteiger partial charge in [0, 0.05) is 49.9 Å². The number of rotatable bonds is 7. The van der Waals surface area contributed by atoms with Crippen LogP contribution in [0.1, 0.15) is 60.4 Å². The average molecular weight is 606 g/mol. The highest BCUT2D eigenvalue weighted by Crippen LogP contribution is 2.36. The molecule has 4 rings (SSSR count). The molecule has 2 aromatic heterocycles. The van der Waals surface area contributed by atoms with Crippen molar-refractivity contribution < 1.29 is 37.0 Å².